The van der Waals surface area contributed by atoms with Gasteiger partial charge in [0, 0.05) is 12.1 Å². The zero-order chi connectivity index (χ0) is 16.2. The van der Waals surface area contributed by atoms with Gasteiger partial charge in [-0.15, -0.1) is 0 Å². The number of benzene rings is 1. The van der Waals surface area contributed by atoms with E-state index in [4.69, 9.17) is 4.74 Å². The summed E-state index contributed by atoms with van der Waals surface area (Å²) in [6.45, 7) is 2.57. The number of nitrogens with zero attached hydrogens (tertiary/aromatic N) is 2. The molecule has 5 heteroatoms. The number of allylic oxidation sites excluding steroid dienone is 1. The summed E-state index contributed by atoms with van der Waals surface area (Å²) in [4.78, 5) is 15.9. The van der Waals surface area contributed by atoms with Crippen molar-refractivity contribution in [2.24, 2.45) is 11.8 Å². The van der Waals surface area contributed by atoms with Crippen molar-refractivity contribution >= 4 is 28.8 Å². The van der Waals surface area contributed by atoms with Crippen molar-refractivity contribution in [2.45, 2.75) is 25.9 Å². The Bertz CT molecular complexity index is 696. The second-order valence-corrected chi connectivity index (χ2v) is 6.91. The number of aromatic nitrogens is 2. The maximum Gasteiger partial charge on any atom is 0.309 e. The summed E-state index contributed by atoms with van der Waals surface area (Å²) in [5.41, 5.74) is 2.26. The first-order valence-electron chi connectivity index (χ1n) is 7.71. The summed E-state index contributed by atoms with van der Waals surface area (Å²) in [5.74, 6) is 1.40. The van der Waals surface area contributed by atoms with E-state index in [0.717, 1.165) is 5.56 Å². The molecule has 1 aliphatic carbocycles. The molecule has 120 valence electrons. The Hall–Kier alpha value is -1.63. The molecule has 1 aliphatic rings. The number of rotatable bonds is 6. The van der Waals surface area contributed by atoms with Gasteiger partial charge in [0.05, 0.1) is 35.0 Å². The monoisotopic (exact) mass is 422 g/mol. The lowest BCUT2D eigenvalue weighted by atomic mass is 10.2. The molecule has 23 heavy (non-hydrogen) atoms. The Morgan fingerprint density at radius 1 is 1.39 bits per heavy atom. The number of halogens is 1. The number of hydrogen-bond acceptors (Lipinski definition) is 3. The molecule has 1 heterocycles. The average Bonchev–Trinajstić information content (AvgIpc) is 2.98. The van der Waals surface area contributed by atoms with Gasteiger partial charge in [0.15, 0.2) is 0 Å². The molecule has 2 aromatic rings. The van der Waals surface area contributed by atoms with Crippen LogP contribution in [0, 0.1) is 11.8 Å². The molecule has 1 saturated carbocycles. The van der Waals surface area contributed by atoms with E-state index in [9.17, 15) is 4.79 Å². The summed E-state index contributed by atoms with van der Waals surface area (Å²) in [7, 11) is 0. The fourth-order valence-corrected chi connectivity index (χ4v) is 3.48. The van der Waals surface area contributed by atoms with Crippen molar-refractivity contribution in [3.63, 3.8) is 0 Å². The van der Waals surface area contributed by atoms with Crippen LogP contribution < -0.4 is 0 Å². The number of carbonyl (C=O) groups excluding carboxylic acids is 1. The normalized spacial score (nSPS) is 23.1. The highest BCUT2D eigenvalue weighted by Gasteiger charge is 2.47. The van der Waals surface area contributed by atoms with Crippen molar-refractivity contribution in [1.82, 2.24) is 7.76 Å². The molecular formula is C18H19IN2O2. The first-order chi connectivity index (χ1) is 11.2. The van der Waals surface area contributed by atoms with Gasteiger partial charge >= 0.3 is 5.97 Å². The lowest BCUT2D eigenvalue weighted by Gasteiger charge is -2.02. The summed E-state index contributed by atoms with van der Waals surface area (Å²) in [5, 5.41) is 0. The molecule has 1 unspecified atom stereocenters. The molecule has 1 fully saturated rings. The standard InChI is InChI=1S/C18H19IN2O2/c1-13-15(18(13)16-10-20-12-21(16)19)8-5-9-17(22)23-11-14-6-3-2-4-7-14/h2-8,10,12-13,15,18H,9,11H2,1H3/b8-5+/t13-,15?,18-/m1/s1. The van der Waals surface area contributed by atoms with Crippen LogP contribution in [0.4, 0.5) is 0 Å². The summed E-state index contributed by atoms with van der Waals surface area (Å²) >= 11 is 2.25. The third-order valence-corrected chi connectivity index (χ3v) is 5.10. The smallest absolute Gasteiger partial charge is 0.309 e. The number of imidazole rings is 1. The molecule has 3 rings (SSSR count). The summed E-state index contributed by atoms with van der Waals surface area (Å²) < 4.78 is 7.31. The van der Waals surface area contributed by atoms with Gasteiger partial charge < -0.3 is 4.74 Å². The van der Waals surface area contributed by atoms with E-state index < -0.39 is 0 Å². The predicted molar refractivity (Wildman–Crippen MR) is 97.0 cm³/mol. The lowest BCUT2D eigenvalue weighted by molar-refractivity contribution is -0.143. The molecule has 4 nitrogen and oxygen atoms in total. The minimum absolute atomic E-state index is 0.186. The Balaban J connectivity index is 1.44. The van der Waals surface area contributed by atoms with Crippen LogP contribution in [0.2, 0.25) is 0 Å². The van der Waals surface area contributed by atoms with E-state index in [-0.39, 0.29) is 5.97 Å². The quantitative estimate of drug-likeness (QED) is 0.400. The van der Waals surface area contributed by atoms with Crippen LogP contribution in [0.25, 0.3) is 0 Å². The first-order valence-corrected chi connectivity index (χ1v) is 8.68. The van der Waals surface area contributed by atoms with E-state index >= 15 is 0 Å². The number of hydrogen-bond donors (Lipinski definition) is 0. The van der Waals surface area contributed by atoms with Crippen LogP contribution in [0.3, 0.4) is 0 Å². The number of ether oxygens (including phenoxy) is 1. The van der Waals surface area contributed by atoms with Gasteiger partial charge in [-0.1, -0.05) is 49.4 Å². The van der Waals surface area contributed by atoms with Crippen molar-refractivity contribution in [1.29, 1.82) is 0 Å². The molecule has 1 aromatic carbocycles. The highest BCUT2D eigenvalue weighted by molar-refractivity contribution is 14.1. The molecular weight excluding hydrogens is 403 g/mol. The van der Waals surface area contributed by atoms with E-state index in [2.05, 4.69) is 40.8 Å². The van der Waals surface area contributed by atoms with Crippen molar-refractivity contribution in [2.75, 3.05) is 0 Å². The fourth-order valence-electron chi connectivity index (χ4n) is 2.89. The molecule has 0 radical (unpaired) electrons. The molecule has 3 atom stereocenters. The zero-order valence-electron chi connectivity index (χ0n) is 12.9. The second-order valence-electron chi connectivity index (χ2n) is 5.87. The molecule has 0 aliphatic heterocycles. The van der Waals surface area contributed by atoms with Crippen molar-refractivity contribution in [3.05, 3.63) is 66.3 Å². The van der Waals surface area contributed by atoms with Crippen LogP contribution in [0.1, 0.15) is 30.5 Å². The maximum atomic E-state index is 11.8. The summed E-state index contributed by atoms with van der Waals surface area (Å²) in [6.07, 6.45) is 8.15. The number of esters is 1. The van der Waals surface area contributed by atoms with Gasteiger partial charge in [0.2, 0.25) is 0 Å². The minimum atomic E-state index is -0.186. The van der Waals surface area contributed by atoms with Gasteiger partial charge in [-0.25, -0.2) is 4.98 Å². The van der Waals surface area contributed by atoms with Gasteiger partial charge in [-0.05, 0) is 17.4 Å². The zero-order valence-corrected chi connectivity index (χ0v) is 15.1. The minimum Gasteiger partial charge on any atom is -0.461 e. The molecule has 0 amide bonds. The van der Waals surface area contributed by atoms with Crippen molar-refractivity contribution < 1.29 is 9.53 Å². The largest absolute Gasteiger partial charge is 0.461 e. The topological polar surface area (TPSA) is 44.1 Å². The van der Waals surface area contributed by atoms with Crippen LogP contribution >= 0.6 is 22.9 Å². The molecule has 1 aromatic heterocycles. The lowest BCUT2D eigenvalue weighted by Crippen LogP contribution is -2.02. The van der Waals surface area contributed by atoms with E-state index in [1.807, 2.05) is 51.7 Å². The van der Waals surface area contributed by atoms with E-state index in [1.54, 1.807) is 0 Å². The highest BCUT2D eigenvalue weighted by Crippen LogP contribution is 2.54. The van der Waals surface area contributed by atoms with Gasteiger partial charge in [-0.2, -0.15) is 0 Å². The van der Waals surface area contributed by atoms with Crippen LogP contribution in [-0.4, -0.2) is 13.7 Å². The third-order valence-electron chi connectivity index (χ3n) is 4.30. The van der Waals surface area contributed by atoms with Gasteiger partial charge in [0.25, 0.3) is 0 Å². The van der Waals surface area contributed by atoms with Crippen LogP contribution in [0.15, 0.2) is 55.0 Å². The van der Waals surface area contributed by atoms with E-state index in [0.29, 0.717) is 30.8 Å². The third kappa shape index (κ3) is 4.02. The van der Waals surface area contributed by atoms with Gasteiger partial charge in [0.1, 0.15) is 12.9 Å². The van der Waals surface area contributed by atoms with Crippen LogP contribution in [0.5, 0.6) is 0 Å². The first kappa shape index (κ1) is 16.2. The SMILES string of the molecule is C[C@@H]1C(/C=C/CC(=O)OCc2ccccc2)[C@@H]1c1cncn1I. The Morgan fingerprint density at radius 3 is 2.87 bits per heavy atom. The Morgan fingerprint density at radius 2 is 2.17 bits per heavy atom. The molecule has 0 saturated heterocycles. The van der Waals surface area contributed by atoms with Gasteiger partial charge in [-0.3, -0.25) is 7.58 Å². The van der Waals surface area contributed by atoms with E-state index in [1.165, 1.54) is 5.69 Å². The fraction of sp³-hybridized carbons (Fsp3) is 0.333. The van der Waals surface area contributed by atoms with Crippen LogP contribution in [-0.2, 0) is 16.1 Å². The highest BCUT2D eigenvalue weighted by atomic mass is 127. The number of carbonyl (C=O) groups is 1. The second kappa shape index (κ2) is 7.29. The molecule has 0 spiro atoms. The Labute approximate surface area is 150 Å². The molecule has 0 bridgehead atoms. The van der Waals surface area contributed by atoms with Crippen molar-refractivity contribution in [3.8, 4) is 0 Å². The average molecular weight is 422 g/mol. The summed E-state index contributed by atoms with van der Waals surface area (Å²) in [6, 6.07) is 9.73. The predicted octanol–water partition coefficient (Wildman–Crippen LogP) is 4.12. The molecule has 0 N–H and O–H groups in total. The maximum absolute atomic E-state index is 11.8. The Kier molecular flexibility index (Phi) is 5.15.